The second-order valence-electron chi connectivity index (χ2n) is 6.87. The van der Waals surface area contributed by atoms with Crippen LogP contribution in [0, 0.1) is 6.92 Å². The van der Waals surface area contributed by atoms with Crippen molar-refractivity contribution in [2.75, 3.05) is 32.8 Å². The lowest BCUT2D eigenvalue weighted by Gasteiger charge is -2.34. The zero-order valence-corrected chi connectivity index (χ0v) is 17.3. The molecule has 148 valence electrons. The first-order chi connectivity index (χ1) is 13.5. The lowest BCUT2D eigenvalue weighted by atomic mass is 10.2. The number of morpholine rings is 1. The van der Waals surface area contributed by atoms with Gasteiger partial charge in [-0.3, -0.25) is 9.88 Å². The van der Waals surface area contributed by atoms with Gasteiger partial charge in [-0.1, -0.05) is 18.2 Å². The van der Waals surface area contributed by atoms with Crippen molar-refractivity contribution >= 4 is 32.3 Å². The van der Waals surface area contributed by atoms with Gasteiger partial charge < -0.3 is 4.74 Å². The van der Waals surface area contributed by atoms with Crippen LogP contribution in [0.15, 0.2) is 52.9 Å². The van der Waals surface area contributed by atoms with Crippen LogP contribution in [0.5, 0.6) is 0 Å². The van der Waals surface area contributed by atoms with Crippen LogP contribution in [-0.4, -0.2) is 51.1 Å². The van der Waals surface area contributed by atoms with Gasteiger partial charge in [-0.15, -0.1) is 11.3 Å². The van der Waals surface area contributed by atoms with E-state index in [2.05, 4.69) is 20.7 Å². The number of para-hydroxylation sites is 1. The number of aryl methyl sites for hydroxylation is 1. The molecule has 0 saturated carbocycles. The fraction of sp³-hybridized carbons (Fsp3) is 0.350. The van der Waals surface area contributed by atoms with E-state index in [1.807, 2.05) is 30.5 Å². The third kappa shape index (κ3) is 4.11. The van der Waals surface area contributed by atoms with Gasteiger partial charge in [0.2, 0.25) is 10.0 Å². The molecule has 1 atom stereocenters. The highest BCUT2D eigenvalue weighted by atomic mass is 32.2. The molecule has 0 spiro atoms. The summed E-state index contributed by atoms with van der Waals surface area (Å²) in [5.41, 5.74) is 1.50. The Bertz CT molecular complexity index is 1050. The van der Waals surface area contributed by atoms with Crippen molar-refractivity contribution in [2.24, 2.45) is 0 Å². The number of pyridine rings is 1. The number of benzene rings is 1. The molecule has 2 aromatic heterocycles. The SMILES string of the molecule is Cc1cnc2c(S(=O)(=O)NCC(c3cccs3)N3CCOCC3)cccc2c1. The van der Waals surface area contributed by atoms with E-state index >= 15 is 0 Å². The molecule has 1 fully saturated rings. The van der Waals surface area contributed by atoms with Gasteiger partial charge in [0.05, 0.1) is 24.8 Å². The van der Waals surface area contributed by atoms with E-state index in [0.29, 0.717) is 25.3 Å². The molecule has 1 N–H and O–H groups in total. The summed E-state index contributed by atoms with van der Waals surface area (Å²) in [5.74, 6) is 0. The molecule has 1 aliphatic heterocycles. The van der Waals surface area contributed by atoms with Crippen molar-refractivity contribution in [3.8, 4) is 0 Å². The molecule has 3 heterocycles. The number of nitrogens with one attached hydrogen (secondary N) is 1. The van der Waals surface area contributed by atoms with Crippen molar-refractivity contribution in [1.29, 1.82) is 0 Å². The second-order valence-corrected chi connectivity index (χ2v) is 9.59. The Morgan fingerprint density at radius 1 is 1.25 bits per heavy atom. The standard InChI is InChI=1S/C20H23N3O3S2/c1-15-12-16-4-2-6-19(20(16)21-13-15)28(24,25)22-14-17(18-5-3-11-27-18)23-7-9-26-10-8-23/h2-6,11-13,17,22H,7-10,14H2,1H3. The van der Waals surface area contributed by atoms with E-state index in [0.717, 1.165) is 28.9 Å². The fourth-order valence-electron chi connectivity index (χ4n) is 3.51. The molecule has 8 heteroatoms. The summed E-state index contributed by atoms with van der Waals surface area (Å²) in [5, 5.41) is 2.85. The summed E-state index contributed by atoms with van der Waals surface area (Å²) in [6, 6.07) is 11.3. The first-order valence-corrected chi connectivity index (χ1v) is 11.6. The average Bonchev–Trinajstić information content (AvgIpc) is 3.22. The summed E-state index contributed by atoms with van der Waals surface area (Å²) >= 11 is 1.65. The smallest absolute Gasteiger partial charge is 0.242 e. The first kappa shape index (κ1) is 19.5. The molecule has 0 amide bonds. The predicted octanol–water partition coefficient (Wildman–Crippen LogP) is 2.96. The Balaban J connectivity index is 1.60. The number of thiophene rings is 1. The number of sulfonamides is 1. The molecule has 4 rings (SSSR count). The Morgan fingerprint density at radius 3 is 2.82 bits per heavy atom. The lowest BCUT2D eigenvalue weighted by Crippen LogP contribution is -2.43. The monoisotopic (exact) mass is 417 g/mol. The highest BCUT2D eigenvalue weighted by Gasteiger charge is 2.26. The molecule has 1 aliphatic rings. The van der Waals surface area contributed by atoms with Crippen LogP contribution >= 0.6 is 11.3 Å². The summed E-state index contributed by atoms with van der Waals surface area (Å²) in [4.78, 5) is 8.02. The van der Waals surface area contributed by atoms with Gasteiger partial charge in [-0.2, -0.15) is 0 Å². The van der Waals surface area contributed by atoms with Gasteiger partial charge in [-0.05, 0) is 36.1 Å². The van der Waals surface area contributed by atoms with Crippen molar-refractivity contribution < 1.29 is 13.2 Å². The van der Waals surface area contributed by atoms with Gasteiger partial charge in [0.1, 0.15) is 4.90 Å². The number of ether oxygens (including phenoxy) is 1. The zero-order valence-electron chi connectivity index (χ0n) is 15.7. The van der Waals surface area contributed by atoms with E-state index in [9.17, 15) is 8.42 Å². The molecule has 1 unspecified atom stereocenters. The van der Waals surface area contributed by atoms with E-state index in [1.54, 1.807) is 29.7 Å². The Hall–Kier alpha value is -1.84. The summed E-state index contributed by atoms with van der Waals surface area (Å²) < 4.78 is 34.5. The number of hydrogen-bond donors (Lipinski definition) is 1. The molecule has 6 nitrogen and oxygen atoms in total. The van der Waals surface area contributed by atoms with Gasteiger partial charge in [0.15, 0.2) is 0 Å². The molecular formula is C20H23N3O3S2. The summed E-state index contributed by atoms with van der Waals surface area (Å²) in [6.07, 6.45) is 1.70. The third-order valence-corrected chi connectivity index (χ3v) is 7.35. The molecule has 0 bridgehead atoms. The Labute approximate surface area is 169 Å². The number of nitrogens with zero attached hydrogens (tertiary/aromatic N) is 2. The summed E-state index contributed by atoms with van der Waals surface area (Å²) in [6.45, 7) is 5.17. The van der Waals surface area contributed by atoms with Gasteiger partial charge in [0, 0.05) is 36.1 Å². The van der Waals surface area contributed by atoms with Gasteiger partial charge >= 0.3 is 0 Å². The maximum absolute atomic E-state index is 13.1. The minimum atomic E-state index is -3.69. The Morgan fingerprint density at radius 2 is 2.07 bits per heavy atom. The average molecular weight is 418 g/mol. The topological polar surface area (TPSA) is 71.5 Å². The molecule has 3 aromatic rings. The maximum atomic E-state index is 13.1. The highest BCUT2D eigenvalue weighted by molar-refractivity contribution is 7.89. The van der Waals surface area contributed by atoms with Crippen LogP contribution < -0.4 is 4.72 Å². The number of rotatable bonds is 6. The van der Waals surface area contributed by atoms with Gasteiger partial charge in [-0.25, -0.2) is 13.1 Å². The van der Waals surface area contributed by atoms with Crippen LogP contribution in [0.25, 0.3) is 10.9 Å². The number of fused-ring (bicyclic) bond motifs is 1. The van der Waals surface area contributed by atoms with Crippen LogP contribution in [0.3, 0.4) is 0 Å². The molecule has 0 aliphatic carbocycles. The molecule has 28 heavy (non-hydrogen) atoms. The summed E-state index contributed by atoms with van der Waals surface area (Å²) in [7, 11) is -3.69. The minimum absolute atomic E-state index is 0.0103. The normalized spacial score (nSPS) is 17.0. The van der Waals surface area contributed by atoms with E-state index in [-0.39, 0.29) is 10.9 Å². The minimum Gasteiger partial charge on any atom is -0.379 e. The van der Waals surface area contributed by atoms with Crippen molar-refractivity contribution in [3.05, 3.63) is 58.4 Å². The second kappa shape index (κ2) is 8.26. The van der Waals surface area contributed by atoms with Crippen molar-refractivity contribution in [1.82, 2.24) is 14.6 Å². The highest BCUT2D eigenvalue weighted by Crippen LogP contribution is 2.27. The largest absolute Gasteiger partial charge is 0.379 e. The predicted molar refractivity (Wildman–Crippen MR) is 111 cm³/mol. The van der Waals surface area contributed by atoms with Crippen LogP contribution in [0.4, 0.5) is 0 Å². The molecular weight excluding hydrogens is 394 g/mol. The molecule has 0 radical (unpaired) electrons. The third-order valence-electron chi connectivity index (χ3n) is 4.92. The first-order valence-electron chi connectivity index (χ1n) is 9.25. The van der Waals surface area contributed by atoms with Crippen LogP contribution in [0.1, 0.15) is 16.5 Å². The van der Waals surface area contributed by atoms with Crippen molar-refractivity contribution in [3.63, 3.8) is 0 Å². The number of aromatic nitrogens is 1. The Kier molecular flexibility index (Phi) is 5.75. The van der Waals surface area contributed by atoms with Crippen LogP contribution in [-0.2, 0) is 14.8 Å². The van der Waals surface area contributed by atoms with E-state index in [1.165, 1.54) is 0 Å². The van der Waals surface area contributed by atoms with Crippen molar-refractivity contribution in [2.45, 2.75) is 17.9 Å². The molecule has 1 saturated heterocycles. The van der Waals surface area contributed by atoms with Crippen LogP contribution in [0.2, 0.25) is 0 Å². The lowest BCUT2D eigenvalue weighted by molar-refractivity contribution is 0.0179. The zero-order chi connectivity index (χ0) is 19.6. The van der Waals surface area contributed by atoms with E-state index in [4.69, 9.17) is 4.74 Å². The molecule has 1 aromatic carbocycles. The quantitative estimate of drug-likeness (QED) is 0.668. The van der Waals surface area contributed by atoms with E-state index < -0.39 is 10.0 Å². The maximum Gasteiger partial charge on any atom is 0.242 e. The van der Waals surface area contributed by atoms with Gasteiger partial charge in [0.25, 0.3) is 0 Å². The number of hydrogen-bond acceptors (Lipinski definition) is 6. The fourth-order valence-corrected chi connectivity index (χ4v) is 5.58.